The van der Waals surface area contributed by atoms with Crippen LogP contribution < -0.4 is 10.1 Å². The first-order chi connectivity index (χ1) is 9.69. The third kappa shape index (κ3) is 5.88. The summed E-state index contributed by atoms with van der Waals surface area (Å²) in [5.41, 5.74) is 3.36. The van der Waals surface area contributed by atoms with Gasteiger partial charge in [-0.3, -0.25) is 0 Å². The maximum absolute atomic E-state index is 5.80. The van der Waals surface area contributed by atoms with E-state index in [0.29, 0.717) is 13.2 Å². The highest BCUT2D eigenvalue weighted by atomic mass is 16.5. The van der Waals surface area contributed by atoms with E-state index in [1.54, 1.807) is 0 Å². The zero-order valence-corrected chi connectivity index (χ0v) is 13.3. The SMILES string of the molecule is CCCCOCCOc1nc(C)cc(C)c1CNCC. The number of pyridine rings is 1. The molecule has 0 fully saturated rings. The first-order valence-corrected chi connectivity index (χ1v) is 7.57. The Bertz CT molecular complexity index is 394. The van der Waals surface area contributed by atoms with Gasteiger partial charge in [0.2, 0.25) is 5.88 Å². The Morgan fingerprint density at radius 1 is 1.15 bits per heavy atom. The van der Waals surface area contributed by atoms with Crippen LogP contribution in [0.1, 0.15) is 43.5 Å². The Morgan fingerprint density at radius 2 is 1.95 bits per heavy atom. The van der Waals surface area contributed by atoms with Crippen LogP contribution in [0.3, 0.4) is 0 Å². The Kier molecular flexibility index (Phi) is 8.23. The van der Waals surface area contributed by atoms with Gasteiger partial charge >= 0.3 is 0 Å². The molecule has 0 aliphatic rings. The van der Waals surface area contributed by atoms with E-state index in [1.807, 2.05) is 6.92 Å². The molecule has 0 saturated carbocycles. The first-order valence-electron chi connectivity index (χ1n) is 7.57. The van der Waals surface area contributed by atoms with Gasteiger partial charge in [-0.2, -0.15) is 0 Å². The second-order valence-corrected chi connectivity index (χ2v) is 4.96. The maximum Gasteiger partial charge on any atom is 0.218 e. The summed E-state index contributed by atoms with van der Waals surface area (Å²) in [4.78, 5) is 4.50. The highest BCUT2D eigenvalue weighted by Gasteiger charge is 2.09. The topological polar surface area (TPSA) is 43.4 Å². The molecule has 1 aromatic rings. The zero-order valence-electron chi connectivity index (χ0n) is 13.3. The van der Waals surface area contributed by atoms with Crippen LogP contribution in [0.25, 0.3) is 0 Å². The van der Waals surface area contributed by atoms with Gasteiger partial charge in [-0.15, -0.1) is 0 Å². The van der Waals surface area contributed by atoms with Crippen molar-refractivity contribution in [3.8, 4) is 5.88 Å². The summed E-state index contributed by atoms with van der Waals surface area (Å²) in [7, 11) is 0. The largest absolute Gasteiger partial charge is 0.475 e. The maximum atomic E-state index is 5.80. The smallest absolute Gasteiger partial charge is 0.218 e. The van der Waals surface area contributed by atoms with Crippen LogP contribution in [-0.2, 0) is 11.3 Å². The van der Waals surface area contributed by atoms with Crippen molar-refractivity contribution in [2.45, 2.75) is 47.1 Å². The number of nitrogens with zero attached hydrogens (tertiary/aromatic N) is 1. The summed E-state index contributed by atoms with van der Waals surface area (Å²) in [6.07, 6.45) is 2.26. The van der Waals surface area contributed by atoms with E-state index in [4.69, 9.17) is 9.47 Å². The minimum absolute atomic E-state index is 0.554. The van der Waals surface area contributed by atoms with E-state index in [1.165, 1.54) is 5.56 Å². The number of hydrogen-bond donors (Lipinski definition) is 1. The van der Waals surface area contributed by atoms with Crippen molar-refractivity contribution in [1.82, 2.24) is 10.3 Å². The number of hydrogen-bond acceptors (Lipinski definition) is 4. The molecule has 0 spiro atoms. The molecule has 1 aromatic heterocycles. The molecular formula is C16H28N2O2. The van der Waals surface area contributed by atoms with Crippen molar-refractivity contribution in [2.75, 3.05) is 26.4 Å². The lowest BCUT2D eigenvalue weighted by Crippen LogP contribution is -2.16. The third-order valence-electron chi connectivity index (χ3n) is 3.10. The number of rotatable bonds is 10. The summed E-state index contributed by atoms with van der Waals surface area (Å²) in [6.45, 7) is 12.1. The Hall–Kier alpha value is -1.13. The highest BCUT2D eigenvalue weighted by molar-refractivity contribution is 5.35. The average Bonchev–Trinajstić information content (AvgIpc) is 2.41. The molecule has 0 aliphatic heterocycles. The predicted molar refractivity (Wildman–Crippen MR) is 82.3 cm³/mol. The van der Waals surface area contributed by atoms with Gasteiger partial charge < -0.3 is 14.8 Å². The fraction of sp³-hybridized carbons (Fsp3) is 0.688. The van der Waals surface area contributed by atoms with Gasteiger partial charge in [0, 0.05) is 24.4 Å². The predicted octanol–water partition coefficient (Wildman–Crippen LogP) is 3.00. The van der Waals surface area contributed by atoms with Gasteiger partial charge in [0.15, 0.2) is 0 Å². The molecule has 0 atom stereocenters. The zero-order chi connectivity index (χ0) is 14.8. The van der Waals surface area contributed by atoms with Gasteiger partial charge in [0.05, 0.1) is 6.61 Å². The van der Waals surface area contributed by atoms with Gasteiger partial charge in [0.25, 0.3) is 0 Å². The van der Waals surface area contributed by atoms with Crippen molar-refractivity contribution < 1.29 is 9.47 Å². The molecule has 1 heterocycles. The third-order valence-corrected chi connectivity index (χ3v) is 3.10. The molecule has 0 unspecified atom stereocenters. The van der Waals surface area contributed by atoms with Crippen molar-refractivity contribution >= 4 is 0 Å². The van der Waals surface area contributed by atoms with Crippen molar-refractivity contribution in [3.63, 3.8) is 0 Å². The summed E-state index contributed by atoms with van der Waals surface area (Å²) >= 11 is 0. The molecule has 0 radical (unpaired) electrons. The van der Waals surface area contributed by atoms with E-state index >= 15 is 0 Å². The standard InChI is InChI=1S/C16H28N2O2/c1-5-7-8-19-9-10-20-16-15(12-17-6-2)13(3)11-14(4)18-16/h11,17H,5-10,12H2,1-4H3. The normalized spacial score (nSPS) is 10.8. The fourth-order valence-electron chi connectivity index (χ4n) is 1.96. The highest BCUT2D eigenvalue weighted by Crippen LogP contribution is 2.20. The van der Waals surface area contributed by atoms with Gasteiger partial charge in [-0.1, -0.05) is 20.3 Å². The molecule has 4 heteroatoms. The van der Waals surface area contributed by atoms with Crippen LogP contribution >= 0.6 is 0 Å². The number of aryl methyl sites for hydroxylation is 2. The first kappa shape index (κ1) is 16.9. The molecule has 114 valence electrons. The minimum Gasteiger partial charge on any atom is -0.475 e. The van der Waals surface area contributed by atoms with Crippen LogP contribution in [0, 0.1) is 13.8 Å². The number of aromatic nitrogens is 1. The summed E-state index contributed by atoms with van der Waals surface area (Å²) in [5, 5.41) is 3.33. The summed E-state index contributed by atoms with van der Waals surface area (Å²) in [6, 6.07) is 2.09. The number of unbranched alkanes of at least 4 members (excludes halogenated alkanes) is 1. The van der Waals surface area contributed by atoms with Crippen molar-refractivity contribution in [1.29, 1.82) is 0 Å². The fourth-order valence-corrected chi connectivity index (χ4v) is 1.96. The van der Waals surface area contributed by atoms with E-state index < -0.39 is 0 Å². The monoisotopic (exact) mass is 280 g/mol. The minimum atomic E-state index is 0.554. The summed E-state index contributed by atoms with van der Waals surface area (Å²) in [5.74, 6) is 0.738. The van der Waals surface area contributed by atoms with Crippen LogP contribution in [-0.4, -0.2) is 31.3 Å². The molecule has 0 saturated heterocycles. The molecule has 0 bridgehead atoms. The second-order valence-electron chi connectivity index (χ2n) is 4.96. The van der Waals surface area contributed by atoms with Gasteiger partial charge in [0.1, 0.15) is 6.61 Å². The molecule has 1 rings (SSSR count). The Labute approximate surface area is 122 Å². The van der Waals surface area contributed by atoms with Crippen LogP contribution in [0.2, 0.25) is 0 Å². The molecule has 20 heavy (non-hydrogen) atoms. The quantitative estimate of drug-likeness (QED) is 0.669. The lowest BCUT2D eigenvalue weighted by Gasteiger charge is -2.14. The van der Waals surface area contributed by atoms with Crippen molar-refractivity contribution in [2.24, 2.45) is 0 Å². The Balaban J connectivity index is 2.53. The molecule has 4 nitrogen and oxygen atoms in total. The van der Waals surface area contributed by atoms with Crippen LogP contribution in [0.15, 0.2) is 6.07 Å². The average molecular weight is 280 g/mol. The van der Waals surface area contributed by atoms with E-state index in [2.05, 4.69) is 37.1 Å². The molecule has 1 N–H and O–H groups in total. The lowest BCUT2D eigenvalue weighted by atomic mass is 10.1. The summed E-state index contributed by atoms with van der Waals surface area (Å²) < 4.78 is 11.3. The molecule has 0 aromatic carbocycles. The molecule has 0 amide bonds. The molecule has 0 aliphatic carbocycles. The Morgan fingerprint density at radius 3 is 2.65 bits per heavy atom. The van der Waals surface area contributed by atoms with Gasteiger partial charge in [-0.25, -0.2) is 4.98 Å². The lowest BCUT2D eigenvalue weighted by molar-refractivity contribution is 0.0960. The molecular weight excluding hydrogens is 252 g/mol. The van der Waals surface area contributed by atoms with E-state index in [-0.39, 0.29) is 0 Å². The van der Waals surface area contributed by atoms with Crippen LogP contribution in [0.4, 0.5) is 0 Å². The second kappa shape index (κ2) is 9.72. The van der Waals surface area contributed by atoms with Crippen molar-refractivity contribution in [3.05, 3.63) is 22.9 Å². The van der Waals surface area contributed by atoms with E-state index in [0.717, 1.165) is 49.7 Å². The number of nitrogens with one attached hydrogen (secondary N) is 1. The number of ether oxygens (including phenoxy) is 2. The van der Waals surface area contributed by atoms with Crippen LogP contribution in [0.5, 0.6) is 5.88 Å². The van der Waals surface area contributed by atoms with Gasteiger partial charge in [-0.05, 0) is 38.4 Å². The van der Waals surface area contributed by atoms with E-state index in [9.17, 15) is 0 Å².